The van der Waals surface area contributed by atoms with Gasteiger partial charge >= 0.3 is 0 Å². The lowest BCUT2D eigenvalue weighted by molar-refractivity contribution is 0.0921. The number of benzene rings is 2. The van der Waals surface area contributed by atoms with Crippen LogP contribution < -0.4 is 5.32 Å². The molecule has 0 saturated carbocycles. The molecular weight excluding hydrogens is 456 g/mol. The first-order valence-electron chi connectivity index (χ1n) is 11.1. The molecule has 3 aromatic heterocycles. The van der Waals surface area contributed by atoms with Crippen molar-refractivity contribution in [2.24, 2.45) is 0 Å². The average Bonchev–Trinajstić information content (AvgIpc) is 3.41. The minimum absolute atomic E-state index is 0.257. The third kappa shape index (κ3) is 5.83. The van der Waals surface area contributed by atoms with Gasteiger partial charge in [0, 0.05) is 24.5 Å². The van der Waals surface area contributed by atoms with Gasteiger partial charge in [0.05, 0.1) is 11.4 Å². The zero-order valence-corrected chi connectivity index (χ0v) is 19.6. The van der Waals surface area contributed by atoms with Crippen molar-refractivity contribution in [2.45, 2.75) is 17.3 Å². The lowest BCUT2D eigenvalue weighted by Gasteiger charge is -2.05. The normalized spacial score (nSPS) is 10.7. The van der Waals surface area contributed by atoms with Crippen LogP contribution in [-0.2, 0) is 12.3 Å². The Morgan fingerprint density at radius 3 is 2.34 bits per heavy atom. The van der Waals surface area contributed by atoms with Crippen molar-refractivity contribution in [1.29, 1.82) is 0 Å². The van der Waals surface area contributed by atoms with E-state index >= 15 is 0 Å². The van der Waals surface area contributed by atoms with E-state index in [9.17, 15) is 4.79 Å². The molecule has 1 N–H and O–H groups in total. The fourth-order valence-corrected chi connectivity index (χ4v) is 4.22. The van der Waals surface area contributed by atoms with E-state index in [0.717, 1.165) is 27.4 Å². The Morgan fingerprint density at radius 2 is 1.60 bits per heavy atom. The maximum atomic E-state index is 12.3. The van der Waals surface area contributed by atoms with Crippen LogP contribution in [0.25, 0.3) is 22.4 Å². The van der Waals surface area contributed by atoms with Crippen molar-refractivity contribution < 1.29 is 9.21 Å². The highest BCUT2D eigenvalue weighted by molar-refractivity contribution is 7.98. The Labute approximate surface area is 207 Å². The molecule has 0 aliphatic rings. The van der Waals surface area contributed by atoms with Crippen molar-refractivity contribution in [3.63, 3.8) is 0 Å². The van der Waals surface area contributed by atoms with Crippen molar-refractivity contribution >= 4 is 17.7 Å². The Kier molecular flexibility index (Phi) is 6.96. The molecule has 0 aliphatic carbocycles. The first kappa shape index (κ1) is 22.6. The first-order chi connectivity index (χ1) is 17.2. The molecule has 0 spiro atoms. The van der Waals surface area contributed by atoms with E-state index < -0.39 is 0 Å². The van der Waals surface area contributed by atoms with Gasteiger partial charge in [0.2, 0.25) is 0 Å². The maximum absolute atomic E-state index is 12.3. The van der Waals surface area contributed by atoms with Crippen LogP contribution in [0.15, 0.2) is 113 Å². The third-order valence-corrected chi connectivity index (χ3v) is 6.29. The summed E-state index contributed by atoms with van der Waals surface area (Å²) in [6.45, 7) is 0.397. The number of aromatic nitrogens is 3. The Morgan fingerprint density at radius 1 is 0.800 bits per heavy atom. The number of pyridine rings is 1. The fourth-order valence-electron chi connectivity index (χ4n) is 3.51. The van der Waals surface area contributed by atoms with Gasteiger partial charge < -0.3 is 9.73 Å². The molecule has 0 atom stereocenters. The van der Waals surface area contributed by atoms with Gasteiger partial charge in [-0.2, -0.15) is 0 Å². The number of thioether (sulfide) groups is 1. The second kappa shape index (κ2) is 10.8. The van der Waals surface area contributed by atoms with Crippen LogP contribution in [0.3, 0.4) is 0 Å². The number of carbonyl (C=O) groups is 1. The largest absolute Gasteiger partial charge is 0.455 e. The SMILES string of the molecule is O=C(NCc1cccnc1)c1ccc(CSc2ccc(-c3ccc(-c4ccccc4)cc3)nn2)o1. The summed E-state index contributed by atoms with van der Waals surface area (Å²) in [5.74, 6) is 1.27. The smallest absolute Gasteiger partial charge is 0.287 e. The molecule has 0 radical (unpaired) electrons. The number of hydrogen-bond donors (Lipinski definition) is 1. The predicted octanol–water partition coefficient (Wildman–Crippen LogP) is 6.02. The summed E-state index contributed by atoms with van der Waals surface area (Å²) in [4.78, 5) is 16.4. The molecule has 0 aliphatic heterocycles. The van der Waals surface area contributed by atoms with Gasteiger partial charge in [0.25, 0.3) is 5.91 Å². The van der Waals surface area contributed by atoms with Gasteiger partial charge in [0.1, 0.15) is 10.8 Å². The Balaban J connectivity index is 1.15. The first-order valence-corrected chi connectivity index (χ1v) is 12.1. The van der Waals surface area contributed by atoms with E-state index in [2.05, 4.69) is 56.9 Å². The van der Waals surface area contributed by atoms with E-state index in [1.165, 1.54) is 17.3 Å². The van der Waals surface area contributed by atoms with Gasteiger partial charge in [-0.1, -0.05) is 72.4 Å². The highest BCUT2D eigenvalue weighted by Crippen LogP contribution is 2.26. The molecule has 172 valence electrons. The van der Waals surface area contributed by atoms with Crippen molar-refractivity contribution in [3.8, 4) is 22.4 Å². The molecule has 2 aromatic carbocycles. The minimum atomic E-state index is -0.257. The highest BCUT2D eigenvalue weighted by atomic mass is 32.2. The molecule has 0 fully saturated rings. The van der Waals surface area contributed by atoms with Crippen LogP contribution in [0, 0.1) is 0 Å². The third-order valence-electron chi connectivity index (χ3n) is 5.35. The monoisotopic (exact) mass is 478 g/mol. The summed E-state index contributed by atoms with van der Waals surface area (Å²) in [5, 5.41) is 12.3. The maximum Gasteiger partial charge on any atom is 0.287 e. The van der Waals surface area contributed by atoms with Gasteiger partial charge in [0.15, 0.2) is 5.76 Å². The number of amides is 1. The molecule has 5 aromatic rings. The summed E-state index contributed by atoms with van der Waals surface area (Å²) in [6, 6.07) is 29.7. The zero-order chi connectivity index (χ0) is 23.9. The molecular formula is C28H22N4O2S. The molecule has 6 nitrogen and oxygen atoms in total. The second-order valence-electron chi connectivity index (χ2n) is 7.80. The summed E-state index contributed by atoms with van der Waals surface area (Å²) in [7, 11) is 0. The molecule has 1 amide bonds. The standard InChI is InChI=1S/C28H22N4O2S/c33-28(30-18-20-5-4-16-29-17-20)26-14-12-24(34-26)19-35-27-15-13-25(31-32-27)23-10-8-22(9-11-23)21-6-2-1-3-7-21/h1-17H,18-19H2,(H,30,33). The van der Waals surface area contributed by atoms with Gasteiger partial charge in [-0.05, 0) is 47.0 Å². The minimum Gasteiger partial charge on any atom is -0.455 e. The number of hydrogen-bond acceptors (Lipinski definition) is 6. The Hall–Kier alpha value is -4.23. The van der Waals surface area contributed by atoms with Crippen LogP contribution in [0.5, 0.6) is 0 Å². The topological polar surface area (TPSA) is 80.9 Å². The molecule has 0 bridgehead atoms. The summed E-state index contributed by atoms with van der Waals surface area (Å²) in [6.07, 6.45) is 3.42. The molecule has 7 heteroatoms. The number of nitrogens with zero attached hydrogens (tertiary/aromatic N) is 3. The molecule has 0 saturated heterocycles. The van der Waals surface area contributed by atoms with E-state index in [-0.39, 0.29) is 11.7 Å². The van der Waals surface area contributed by atoms with Crippen LogP contribution in [0.2, 0.25) is 0 Å². The second-order valence-corrected chi connectivity index (χ2v) is 8.79. The zero-order valence-electron chi connectivity index (χ0n) is 18.8. The summed E-state index contributed by atoms with van der Waals surface area (Å²) in [5.41, 5.74) is 5.11. The molecule has 35 heavy (non-hydrogen) atoms. The number of rotatable bonds is 8. The van der Waals surface area contributed by atoms with Crippen molar-refractivity contribution in [3.05, 3.63) is 120 Å². The van der Waals surface area contributed by atoms with E-state index in [1.807, 2.05) is 48.5 Å². The number of furan rings is 1. The van der Waals surface area contributed by atoms with Gasteiger partial charge in [-0.15, -0.1) is 10.2 Å². The summed E-state index contributed by atoms with van der Waals surface area (Å²) >= 11 is 1.51. The lowest BCUT2D eigenvalue weighted by atomic mass is 10.0. The molecule has 3 heterocycles. The predicted molar refractivity (Wildman–Crippen MR) is 137 cm³/mol. The fraction of sp³-hybridized carbons (Fsp3) is 0.0714. The van der Waals surface area contributed by atoms with Gasteiger partial charge in [-0.3, -0.25) is 9.78 Å². The average molecular weight is 479 g/mol. The molecule has 0 unspecified atom stereocenters. The quantitative estimate of drug-likeness (QED) is 0.275. The van der Waals surface area contributed by atoms with Crippen LogP contribution in [0.4, 0.5) is 0 Å². The van der Waals surface area contributed by atoms with Crippen molar-refractivity contribution in [1.82, 2.24) is 20.5 Å². The lowest BCUT2D eigenvalue weighted by Crippen LogP contribution is -2.22. The van der Waals surface area contributed by atoms with Crippen LogP contribution in [0.1, 0.15) is 21.9 Å². The number of carbonyl (C=O) groups excluding carboxylic acids is 1. The van der Waals surface area contributed by atoms with E-state index in [0.29, 0.717) is 18.1 Å². The summed E-state index contributed by atoms with van der Waals surface area (Å²) < 4.78 is 5.70. The van der Waals surface area contributed by atoms with Crippen LogP contribution >= 0.6 is 11.8 Å². The van der Waals surface area contributed by atoms with Crippen molar-refractivity contribution in [2.75, 3.05) is 0 Å². The van der Waals surface area contributed by atoms with E-state index in [1.54, 1.807) is 18.5 Å². The highest BCUT2D eigenvalue weighted by Gasteiger charge is 2.12. The van der Waals surface area contributed by atoms with Crippen LogP contribution in [-0.4, -0.2) is 21.1 Å². The molecule has 5 rings (SSSR count). The van der Waals surface area contributed by atoms with Gasteiger partial charge in [-0.25, -0.2) is 0 Å². The number of nitrogens with one attached hydrogen (secondary N) is 1. The van der Waals surface area contributed by atoms with E-state index in [4.69, 9.17) is 4.42 Å². The Bertz CT molecular complexity index is 1390.